The summed E-state index contributed by atoms with van der Waals surface area (Å²) < 4.78 is 63.2. The van der Waals surface area contributed by atoms with E-state index in [0.29, 0.717) is 0 Å². The van der Waals surface area contributed by atoms with E-state index in [1.807, 2.05) is 0 Å². The minimum absolute atomic E-state index is 0. The van der Waals surface area contributed by atoms with Crippen molar-refractivity contribution >= 4 is 34.3 Å². The summed E-state index contributed by atoms with van der Waals surface area (Å²) in [6, 6.07) is 0. The van der Waals surface area contributed by atoms with Crippen LogP contribution in [0.1, 0.15) is 26.7 Å². The van der Waals surface area contributed by atoms with E-state index in [0.717, 1.165) is 0 Å². The van der Waals surface area contributed by atoms with Gasteiger partial charge in [0, 0.05) is 0 Å². The molecular formula is C4H16O8S3. The second kappa shape index (κ2) is 12.2. The molecule has 11 heteroatoms. The van der Waals surface area contributed by atoms with E-state index < -0.39 is 20.8 Å². The molecule has 0 spiro atoms. The fourth-order valence-electron chi connectivity index (χ4n) is 0. The predicted molar refractivity (Wildman–Crippen MR) is 59.3 cm³/mol. The summed E-state index contributed by atoms with van der Waals surface area (Å²) in [4.78, 5) is 0. The third kappa shape index (κ3) is 1730. The molecule has 0 aromatic heterocycles. The number of hydrogen-bond donors (Lipinski definition) is 4. The van der Waals surface area contributed by atoms with Crippen molar-refractivity contribution in [3.8, 4) is 0 Å². The van der Waals surface area contributed by atoms with Crippen LogP contribution in [0.2, 0.25) is 0 Å². The van der Waals surface area contributed by atoms with Gasteiger partial charge in [-0.1, -0.05) is 26.7 Å². The van der Waals surface area contributed by atoms with Crippen LogP contribution in [-0.4, -0.2) is 35.0 Å². The highest BCUT2D eigenvalue weighted by atomic mass is 32.3. The fraction of sp³-hybridized carbons (Fsp3) is 1.00. The van der Waals surface area contributed by atoms with Gasteiger partial charge in [-0.2, -0.15) is 30.3 Å². The van der Waals surface area contributed by atoms with Crippen molar-refractivity contribution < 1.29 is 35.0 Å². The van der Waals surface area contributed by atoms with Crippen molar-refractivity contribution in [1.82, 2.24) is 0 Å². The van der Waals surface area contributed by atoms with Gasteiger partial charge < -0.3 is 0 Å². The van der Waals surface area contributed by atoms with Crippen molar-refractivity contribution in [1.29, 1.82) is 0 Å². The van der Waals surface area contributed by atoms with Gasteiger partial charge in [-0.05, 0) is 0 Å². The van der Waals surface area contributed by atoms with Crippen molar-refractivity contribution in [3.05, 3.63) is 0 Å². The Morgan fingerprint density at radius 1 is 0.733 bits per heavy atom. The average Bonchev–Trinajstić information content (AvgIpc) is 1.79. The Morgan fingerprint density at radius 3 is 0.800 bits per heavy atom. The summed E-state index contributed by atoms with van der Waals surface area (Å²) in [6.07, 6.45) is 2.64. The highest BCUT2D eigenvalue weighted by molar-refractivity contribution is 7.80. The minimum Gasteiger partial charge on any atom is -0.264 e. The summed E-state index contributed by atoms with van der Waals surface area (Å²) in [7, 11) is -9.33. The molecular weight excluding hydrogens is 272 g/mol. The van der Waals surface area contributed by atoms with E-state index in [-0.39, 0.29) is 13.5 Å². The summed E-state index contributed by atoms with van der Waals surface area (Å²) in [5, 5.41) is 0. The van der Waals surface area contributed by atoms with Crippen molar-refractivity contribution in [2.24, 2.45) is 0 Å². The molecule has 0 rings (SSSR count). The monoisotopic (exact) mass is 288 g/mol. The Hall–Kier alpha value is 0.0900. The van der Waals surface area contributed by atoms with Crippen molar-refractivity contribution in [2.75, 3.05) is 0 Å². The molecule has 0 aromatic rings. The molecule has 0 radical (unpaired) electrons. The minimum atomic E-state index is -4.67. The smallest absolute Gasteiger partial charge is 0.264 e. The van der Waals surface area contributed by atoms with Gasteiger partial charge in [0.25, 0.3) is 0 Å². The first kappa shape index (κ1) is 24.4. The van der Waals surface area contributed by atoms with Gasteiger partial charge in [-0.25, -0.2) is 0 Å². The number of unbranched alkanes of at least 4 members (excludes halogenated alkanes) is 1. The second-order valence-corrected chi connectivity index (χ2v) is 3.69. The Morgan fingerprint density at radius 2 is 0.800 bits per heavy atom. The molecule has 0 fully saturated rings. The molecule has 0 aliphatic heterocycles. The highest BCUT2D eigenvalue weighted by Crippen LogP contribution is 1.76. The number of hydrogen-bond acceptors (Lipinski definition) is 4. The van der Waals surface area contributed by atoms with E-state index in [1.54, 1.807) is 0 Å². The molecule has 0 amide bonds. The molecule has 0 aliphatic rings. The Bertz CT molecular complexity index is 242. The Kier molecular flexibility index (Phi) is 19.7. The lowest BCUT2D eigenvalue weighted by Gasteiger charge is -1.68. The van der Waals surface area contributed by atoms with Gasteiger partial charge in [0.1, 0.15) is 0 Å². The predicted octanol–water partition coefficient (Wildman–Crippen LogP) is 0.614. The Balaban J connectivity index is -0.0000000590. The maximum absolute atomic E-state index is 8.74. The van der Waals surface area contributed by atoms with Crippen molar-refractivity contribution in [2.45, 2.75) is 26.7 Å². The molecule has 0 saturated heterocycles. The van der Waals surface area contributed by atoms with E-state index in [4.69, 9.17) is 35.0 Å². The van der Waals surface area contributed by atoms with Gasteiger partial charge >= 0.3 is 20.8 Å². The lowest BCUT2D eigenvalue weighted by Crippen LogP contribution is -1.89. The van der Waals surface area contributed by atoms with Crippen LogP contribution in [0.3, 0.4) is 0 Å². The highest BCUT2D eigenvalue weighted by Gasteiger charge is 1.85. The summed E-state index contributed by atoms with van der Waals surface area (Å²) >= 11 is 0. The first-order chi connectivity index (χ1) is 5.91. The quantitative estimate of drug-likeness (QED) is 0.513. The largest absolute Gasteiger partial charge is 0.394 e. The summed E-state index contributed by atoms with van der Waals surface area (Å²) in [6.45, 7) is 4.36. The van der Waals surface area contributed by atoms with Crippen LogP contribution in [0.4, 0.5) is 0 Å². The normalized spacial score (nSPS) is 9.73. The number of rotatable bonds is 1. The topological polar surface area (TPSA) is 149 Å². The van der Waals surface area contributed by atoms with Gasteiger partial charge in [0.15, 0.2) is 0 Å². The van der Waals surface area contributed by atoms with Gasteiger partial charge in [-0.3, -0.25) is 18.2 Å². The van der Waals surface area contributed by atoms with Crippen LogP contribution in [0.25, 0.3) is 0 Å². The van der Waals surface area contributed by atoms with Crippen molar-refractivity contribution in [3.63, 3.8) is 0 Å². The van der Waals surface area contributed by atoms with Crippen LogP contribution in [0.15, 0.2) is 0 Å². The lowest BCUT2D eigenvalue weighted by molar-refractivity contribution is 0.378. The molecule has 0 unspecified atom stereocenters. The van der Waals surface area contributed by atoms with E-state index in [2.05, 4.69) is 13.8 Å². The van der Waals surface area contributed by atoms with Crippen LogP contribution in [-0.2, 0) is 20.8 Å². The molecule has 0 heterocycles. The molecule has 0 atom stereocenters. The molecule has 98 valence electrons. The fourth-order valence-corrected chi connectivity index (χ4v) is 0. The van der Waals surface area contributed by atoms with E-state index >= 15 is 0 Å². The molecule has 0 aliphatic carbocycles. The van der Waals surface area contributed by atoms with E-state index in [9.17, 15) is 0 Å². The van der Waals surface area contributed by atoms with Gasteiger partial charge in [0.2, 0.25) is 0 Å². The van der Waals surface area contributed by atoms with E-state index in [1.165, 1.54) is 12.8 Å². The SMILES string of the molecule is CCCC.O=S(=O)(O)O.O=S(=O)(O)O.S. The third-order valence-electron chi connectivity index (χ3n) is 0.500. The Labute approximate surface area is 96.3 Å². The zero-order valence-corrected chi connectivity index (χ0v) is 10.8. The standard InChI is InChI=1S/C4H10.2H2O4S.H2S/c1-3-4-2;2*1-5(2,3)4;/h3-4H2,1-2H3;2*(H2,1,2,3,4);1H2. The maximum Gasteiger partial charge on any atom is 0.394 e. The lowest BCUT2D eigenvalue weighted by atomic mass is 10.4. The molecule has 8 nitrogen and oxygen atoms in total. The average molecular weight is 288 g/mol. The molecule has 4 N–H and O–H groups in total. The first-order valence-corrected chi connectivity index (χ1v) is 6.11. The summed E-state index contributed by atoms with van der Waals surface area (Å²) in [5.41, 5.74) is 0. The summed E-state index contributed by atoms with van der Waals surface area (Å²) in [5.74, 6) is 0. The van der Waals surface area contributed by atoms with Crippen LogP contribution < -0.4 is 0 Å². The van der Waals surface area contributed by atoms with Crippen LogP contribution >= 0.6 is 13.5 Å². The maximum atomic E-state index is 8.74. The first-order valence-electron chi connectivity index (χ1n) is 3.31. The molecule has 0 bridgehead atoms. The second-order valence-electron chi connectivity index (χ2n) is 1.90. The molecule has 0 saturated carbocycles. The molecule has 15 heavy (non-hydrogen) atoms. The zero-order chi connectivity index (χ0) is 12.4. The van der Waals surface area contributed by atoms with Gasteiger partial charge in [0.05, 0.1) is 0 Å². The third-order valence-corrected chi connectivity index (χ3v) is 0.500. The van der Waals surface area contributed by atoms with Crippen LogP contribution in [0.5, 0.6) is 0 Å². The zero-order valence-electron chi connectivity index (χ0n) is 8.15. The van der Waals surface area contributed by atoms with Gasteiger partial charge in [-0.15, -0.1) is 0 Å². The van der Waals surface area contributed by atoms with Crippen LogP contribution in [0, 0.1) is 0 Å². The molecule has 0 aromatic carbocycles.